The summed E-state index contributed by atoms with van der Waals surface area (Å²) in [5.41, 5.74) is 3.01. The number of nitrogens with one attached hydrogen (secondary N) is 1. The van der Waals surface area contributed by atoms with Gasteiger partial charge in [-0.15, -0.1) is 0 Å². The molecule has 2 aromatic carbocycles. The van der Waals surface area contributed by atoms with Crippen molar-refractivity contribution in [1.82, 2.24) is 0 Å². The van der Waals surface area contributed by atoms with Crippen LogP contribution in [0.25, 0.3) is 11.1 Å². The van der Waals surface area contributed by atoms with Crippen LogP contribution in [0.2, 0.25) is 0 Å². The Morgan fingerprint density at radius 2 is 1.58 bits per heavy atom. The van der Waals surface area contributed by atoms with Crippen molar-refractivity contribution in [2.45, 2.75) is 0 Å². The average molecular weight is 268 g/mol. The molecule has 1 aliphatic heterocycles. The molecular weight excluding hydrogens is 256 g/mol. The third-order valence-corrected chi connectivity index (χ3v) is 3.86. The van der Waals surface area contributed by atoms with Crippen molar-refractivity contribution < 1.29 is 4.79 Å². The highest BCUT2D eigenvalue weighted by atomic mass is 32.2. The molecule has 0 spiro atoms. The van der Waals surface area contributed by atoms with Crippen LogP contribution in [0.4, 0.5) is 5.69 Å². The zero-order valence-corrected chi connectivity index (χ0v) is 11.0. The molecule has 1 aliphatic rings. The zero-order chi connectivity index (χ0) is 13.2. The van der Waals surface area contributed by atoms with E-state index in [1.807, 2.05) is 54.6 Å². The predicted molar refractivity (Wildman–Crippen MR) is 79.5 cm³/mol. The van der Waals surface area contributed by atoms with Gasteiger partial charge in [0, 0.05) is 0 Å². The SMILES string of the molecule is N=C1SCC(=O)N1c1ccc(-c2ccccc2)cc1. The van der Waals surface area contributed by atoms with Crippen LogP contribution >= 0.6 is 11.8 Å². The molecule has 0 aliphatic carbocycles. The number of hydrogen-bond donors (Lipinski definition) is 1. The molecule has 0 bridgehead atoms. The van der Waals surface area contributed by atoms with Gasteiger partial charge in [-0.3, -0.25) is 15.1 Å². The minimum absolute atomic E-state index is 0.0255. The van der Waals surface area contributed by atoms with Crippen molar-refractivity contribution in [3.63, 3.8) is 0 Å². The zero-order valence-electron chi connectivity index (χ0n) is 10.2. The number of nitrogens with zero attached hydrogens (tertiary/aromatic N) is 1. The van der Waals surface area contributed by atoms with Crippen molar-refractivity contribution in [2.24, 2.45) is 0 Å². The second-order valence-electron chi connectivity index (χ2n) is 4.24. The van der Waals surface area contributed by atoms with Crippen LogP contribution in [0.1, 0.15) is 0 Å². The minimum atomic E-state index is -0.0255. The number of hydrogen-bond acceptors (Lipinski definition) is 3. The first-order valence-electron chi connectivity index (χ1n) is 5.95. The Hall–Kier alpha value is -2.07. The third-order valence-electron chi connectivity index (χ3n) is 3.02. The standard InChI is InChI=1S/C15H12N2OS/c16-15-17(14(18)10-19-15)13-8-6-12(7-9-13)11-4-2-1-3-5-11/h1-9,16H,10H2. The van der Waals surface area contributed by atoms with Gasteiger partial charge in [0.05, 0.1) is 11.4 Å². The summed E-state index contributed by atoms with van der Waals surface area (Å²) in [5, 5.41) is 8.06. The lowest BCUT2D eigenvalue weighted by Crippen LogP contribution is -2.28. The van der Waals surface area contributed by atoms with E-state index in [0.717, 1.165) is 16.8 Å². The summed E-state index contributed by atoms with van der Waals surface area (Å²) < 4.78 is 0. The molecule has 1 heterocycles. The van der Waals surface area contributed by atoms with Gasteiger partial charge in [-0.25, -0.2) is 0 Å². The fourth-order valence-corrected chi connectivity index (χ4v) is 2.79. The molecule has 0 saturated carbocycles. The van der Waals surface area contributed by atoms with Crippen molar-refractivity contribution in [3.05, 3.63) is 54.6 Å². The summed E-state index contributed by atoms with van der Waals surface area (Å²) in [5.74, 6) is 0.335. The van der Waals surface area contributed by atoms with Crippen LogP contribution in [0.3, 0.4) is 0 Å². The van der Waals surface area contributed by atoms with Crippen molar-refractivity contribution >= 4 is 28.5 Å². The largest absolute Gasteiger partial charge is 0.278 e. The van der Waals surface area contributed by atoms with Crippen molar-refractivity contribution in [2.75, 3.05) is 10.7 Å². The van der Waals surface area contributed by atoms with Crippen LogP contribution < -0.4 is 4.90 Å². The molecule has 3 rings (SSSR count). The van der Waals surface area contributed by atoms with Gasteiger partial charge in [0.2, 0.25) is 5.91 Å². The van der Waals surface area contributed by atoms with Crippen LogP contribution in [0.5, 0.6) is 0 Å². The Bertz CT molecular complexity index is 606. The quantitative estimate of drug-likeness (QED) is 0.907. The Labute approximate surface area is 115 Å². The van der Waals surface area contributed by atoms with Gasteiger partial charge in [0.25, 0.3) is 0 Å². The maximum absolute atomic E-state index is 11.7. The lowest BCUT2D eigenvalue weighted by Gasteiger charge is -2.15. The Kier molecular flexibility index (Phi) is 3.09. The van der Waals surface area contributed by atoms with Crippen LogP contribution in [-0.4, -0.2) is 16.8 Å². The van der Waals surface area contributed by atoms with Crippen LogP contribution in [0.15, 0.2) is 54.6 Å². The third kappa shape index (κ3) is 2.27. The number of carbonyl (C=O) groups excluding carboxylic acids is 1. The van der Waals surface area contributed by atoms with E-state index in [4.69, 9.17) is 5.41 Å². The summed E-state index contributed by atoms with van der Waals surface area (Å²) in [6, 6.07) is 17.8. The van der Waals surface area contributed by atoms with Gasteiger partial charge in [0.1, 0.15) is 0 Å². The highest BCUT2D eigenvalue weighted by Gasteiger charge is 2.28. The normalized spacial score (nSPS) is 15.1. The molecule has 0 radical (unpaired) electrons. The van der Waals surface area contributed by atoms with Gasteiger partial charge in [0.15, 0.2) is 5.17 Å². The first kappa shape index (κ1) is 12.0. The summed E-state index contributed by atoms with van der Waals surface area (Å²) >= 11 is 1.27. The maximum atomic E-state index is 11.7. The van der Waals surface area contributed by atoms with Crippen molar-refractivity contribution in [3.8, 4) is 11.1 Å². The summed E-state index contributed by atoms with van der Waals surface area (Å²) in [6.45, 7) is 0. The smallest absolute Gasteiger partial charge is 0.243 e. The topological polar surface area (TPSA) is 44.2 Å². The monoisotopic (exact) mass is 268 g/mol. The van der Waals surface area contributed by atoms with Gasteiger partial charge in [-0.1, -0.05) is 54.2 Å². The predicted octanol–water partition coefficient (Wildman–Crippen LogP) is 3.37. The highest BCUT2D eigenvalue weighted by molar-refractivity contribution is 8.15. The summed E-state index contributed by atoms with van der Waals surface area (Å²) in [7, 11) is 0. The Morgan fingerprint density at radius 3 is 2.16 bits per heavy atom. The van der Waals surface area contributed by atoms with Gasteiger partial charge >= 0.3 is 0 Å². The van der Waals surface area contributed by atoms with E-state index >= 15 is 0 Å². The maximum Gasteiger partial charge on any atom is 0.243 e. The molecule has 0 atom stereocenters. The molecule has 1 N–H and O–H groups in total. The summed E-state index contributed by atoms with van der Waals surface area (Å²) in [4.78, 5) is 13.2. The summed E-state index contributed by atoms with van der Waals surface area (Å²) in [6.07, 6.45) is 0. The van der Waals surface area contributed by atoms with Gasteiger partial charge in [-0.2, -0.15) is 0 Å². The van der Waals surface area contributed by atoms with Crippen molar-refractivity contribution in [1.29, 1.82) is 5.41 Å². The van der Waals surface area contributed by atoms with E-state index in [2.05, 4.69) is 0 Å². The fourth-order valence-electron chi connectivity index (χ4n) is 2.07. The number of anilines is 1. The second-order valence-corrected chi connectivity index (χ2v) is 5.20. The van der Waals surface area contributed by atoms with E-state index in [1.54, 1.807) is 0 Å². The highest BCUT2D eigenvalue weighted by Crippen LogP contribution is 2.28. The Balaban J connectivity index is 1.91. The van der Waals surface area contributed by atoms with Gasteiger partial charge in [-0.05, 0) is 23.3 Å². The fraction of sp³-hybridized carbons (Fsp3) is 0.0667. The number of amides is 1. The molecule has 94 valence electrons. The Morgan fingerprint density at radius 1 is 0.947 bits per heavy atom. The molecule has 1 amide bonds. The van der Waals surface area contributed by atoms with E-state index < -0.39 is 0 Å². The van der Waals surface area contributed by atoms with Gasteiger partial charge < -0.3 is 0 Å². The van der Waals surface area contributed by atoms with E-state index in [-0.39, 0.29) is 5.91 Å². The average Bonchev–Trinajstić information content (AvgIpc) is 2.79. The molecule has 1 saturated heterocycles. The number of benzene rings is 2. The number of carbonyl (C=O) groups is 1. The molecule has 3 nitrogen and oxygen atoms in total. The van der Waals surface area contributed by atoms with Crippen LogP contribution in [0, 0.1) is 5.41 Å². The van der Waals surface area contributed by atoms with E-state index in [0.29, 0.717) is 10.9 Å². The first-order valence-corrected chi connectivity index (χ1v) is 6.94. The molecular formula is C15H12N2OS. The second kappa shape index (κ2) is 4.90. The molecule has 19 heavy (non-hydrogen) atoms. The minimum Gasteiger partial charge on any atom is -0.278 e. The van der Waals surface area contributed by atoms with E-state index in [9.17, 15) is 4.79 Å². The molecule has 4 heteroatoms. The van der Waals surface area contributed by atoms with E-state index in [1.165, 1.54) is 16.7 Å². The molecule has 2 aromatic rings. The first-order chi connectivity index (χ1) is 9.25. The van der Waals surface area contributed by atoms with Crippen LogP contribution in [-0.2, 0) is 4.79 Å². The lowest BCUT2D eigenvalue weighted by atomic mass is 10.1. The molecule has 0 aromatic heterocycles. The lowest BCUT2D eigenvalue weighted by molar-refractivity contribution is -0.115. The molecule has 0 unspecified atom stereocenters. The molecule has 1 fully saturated rings. The number of thioether (sulfide) groups is 1. The number of rotatable bonds is 2. The number of amidine groups is 1.